The first-order valence-corrected chi connectivity index (χ1v) is 11.1. The van der Waals surface area contributed by atoms with Gasteiger partial charge in [-0.25, -0.2) is 0 Å². The fraction of sp³-hybridized carbons (Fsp3) is 0.364. The Morgan fingerprint density at radius 1 is 1.25 bits per heavy atom. The van der Waals surface area contributed by atoms with Crippen LogP contribution in [-0.4, -0.2) is 36.5 Å². The lowest BCUT2D eigenvalue weighted by Crippen LogP contribution is -2.44. The number of unbranched alkanes of at least 4 members (excludes halogenated alkanes) is 1. The molecule has 0 spiro atoms. The summed E-state index contributed by atoms with van der Waals surface area (Å²) in [5.41, 5.74) is 7.60. The molecule has 1 heterocycles. The predicted octanol–water partition coefficient (Wildman–Crippen LogP) is 4.08. The summed E-state index contributed by atoms with van der Waals surface area (Å²) in [5, 5.41) is 2.85. The number of carbonyl (C=O) groups excluding carboxylic acids is 2. The van der Waals surface area contributed by atoms with Gasteiger partial charge in [0.25, 0.3) is 5.91 Å². The van der Waals surface area contributed by atoms with Gasteiger partial charge in [-0.1, -0.05) is 25.5 Å². The third-order valence-corrected chi connectivity index (χ3v) is 6.01. The minimum Gasteiger partial charge on any atom is -0.406 e. The molecule has 0 fully saturated rings. The van der Waals surface area contributed by atoms with Crippen molar-refractivity contribution in [3.8, 4) is 5.75 Å². The van der Waals surface area contributed by atoms with Crippen LogP contribution in [-0.2, 0) is 11.3 Å². The van der Waals surface area contributed by atoms with Crippen LogP contribution in [0.4, 0.5) is 18.9 Å². The molecule has 0 saturated carbocycles. The number of benzene rings is 2. The van der Waals surface area contributed by atoms with E-state index in [-0.39, 0.29) is 24.1 Å². The number of alkyl halides is 3. The van der Waals surface area contributed by atoms with E-state index in [0.717, 1.165) is 17.7 Å². The molecule has 10 heteroatoms. The van der Waals surface area contributed by atoms with Crippen LogP contribution in [0.1, 0.15) is 35.7 Å². The highest BCUT2D eigenvalue weighted by Gasteiger charge is 2.31. The van der Waals surface area contributed by atoms with E-state index in [1.54, 1.807) is 18.2 Å². The summed E-state index contributed by atoms with van der Waals surface area (Å²) in [5.74, 6) is -0.527. The van der Waals surface area contributed by atoms with E-state index in [1.165, 1.54) is 40.9 Å². The van der Waals surface area contributed by atoms with Crippen LogP contribution in [0.3, 0.4) is 0 Å². The van der Waals surface area contributed by atoms with E-state index < -0.39 is 12.4 Å². The molecule has 1 aliphatic rings. The zero-order valence-electron chi connectivity index (χ0n) is 17.4. The Morgan fingerprint density at radius 2 is 1.97 bits per heavy atom. The zero-order chi connectivity index (χ0) is 23.3. The number of rotatable bonds is 7. The Morgan fingerprint density at radius 3 is 2.62 bits per heavy atom. The molecule has 0 radical (unpaired) electrons. The summed E-state index contributed by atoms with van der Waals surface area (Å²) < 4.78 is 41.1. The van der Waals surface area contributed by atoms with Gasteiger partial charge in [-0.3, -0.25) is 9.59 Å². The quantitative estimate of drug-likeness (QED) is 0.600. The first-order valence-electron chi connectivity index (χ1n) is 10.1. The number of ether oxygens (including phenoxy) is 1. The van der Waals surface area contributed by atoms with Crippen LogP contribution < -0.4 is 20.7 Å². The molecule has 3 rings (SSSR count). The molecule has 0 unspecified atom stereocenters. The minimum atomic E-state index is -4.78. The number of nitrogens with two attached hydrogens (primary N) is 1. The molecular weight excluding hydrogens is 443 g/mol. The van der Waals surface area contributed by atoms with Gasteiger partial charge >= 0.3 is 6.36 Å². The number of hydrogen-bond acceptors (Lipinski definition) is 5. The van der Waals surface area contributed by atoms with Crippen LogP contribution >= 0.6 is 11.8 Å². The molecule has 6 nitrogen and oxygen atoms in total. The van der Waals surface area contributed by atoms with Gasteiger partial charge < -0.3 is 20.7 Å². The second kappa shape index (κ2) is 10.3. The highest BCUT2D eigenvalue weighted by molar-refractivity contribution is 7.99. The highest BCUT2D eigenvalue weighted by atomic mass is 32.2. The molecule has 2 aromatic carbocycles. The summed E-state index contributed by atoms with van der Waals surface area (Å²) in [6, 6.07) is 9.69. The van der Waals surface area contributed by atoms with Crippen LogP contribution in [0.5, 0.6) is 5.75 Å². The van der Waals surface area contributed by atoms with Crippen molar-refractivity contribution >= 4 is 29.3 Å². The number of amides is 2. The average molecular weight is 468 g/mol. The zero-order valence-corrected chi connectivity index (χ0v) is 18.3. The molecule has 1 aliphatic heterocycles. The molecule has 0 saturated heterocycles. The summed E-state index contributed by atoms with van der Waals surface area (Å²) in [6.45, 7) is 2.68. The van der Waals surface area contributed by atoms with Crippen LogP contribution in [0.2, 0.25) is 0 Å². The summed E-state index contributed by atoms with van der Waals surface area (Å²) in [6.07, 6.45) is -2.96. The molecule has 2 amide bonds. The summed E-state index contributed by atoms with van der Waals surface area (Å²) >= 11 is 1.42. The lowest BCUT2D eigenvalue weighted by molar-refractivity contribution is -0.274. The predicted molar refractivity (Wildman–Crippen MR) is 117 cm³/mol. The molecular formula is C22H24F3N3O3S. The van der Waals surface area contributed by atoms with Crippen molar-refractivity contribution in [3.05, 3.63) is 53.6 Å². The van der Waals surface area contributed by atoms with Gasteiger partial charge in [-0.2, -0.15) is 0 Å². The molecule has 3 N–H and O–H groups in total. The van der Waals surface area contributed by atoms with Crippen molar-refractivity contribution in [2.75, 3.05) is 17.2 Å². The lowest BCUT2D eigenvalue weighted by atomic mass is 10.1. The lowest BCUT2D eigenvalue weighted by Gasteiger charge is -2.25. The second-order valence-corrected chi connectivity index (χ2v) is 8.39. The number of nitrogens with one attached hydrogen (secondary N) is 1. The van der Waals surface area contributed by atoms with Gasteiger partial charge in [0, 0.05) is 22.8 Å². The maximum atomic E-state index is 13.0. The van der Waals surface area contributed by atoms with Crippen LogP contribution in [0.15, 0.2) is 47.4 Å². The Bertz CT molecular complexity index is 967. The van der Waals surface area contributed by atoms with Crippen molar-refractivity contribution in [3.63, 3.8) is 0 Å². The van der Waals surface area contributed by atoms with Gasteiger partial charge in [0.05, 0.1) is 18.3 Å². The molecule has 0 bridgehead atoms. The number of hydrogen-bond donors (Lipinski definition) is 2. The number of halogens is 3. The third kappa shape index (κ3) is 6.17. The molecule has 0 aromatic heterocycles. The first-order chi connectivity index (χ1) is 15.2. The van der Waals surface area contributed by atoms with Gasteiger partial charge in [0.15, 0.2) is 0 Å². The third-order valence-electron chi connectivity index (χ3n) is 4.83. The van der Waals surface area contributed by atoms with E-state index in [2.05, 4.69) is 10.1 Å². The average Bonchev–Trinajstić information content (AvgIpc) is 2.86. The smallest absolute Gasteiger partial charge is 0.406 e. The maximum Gasteiger partial charge on any atom is 0.573 e. The fourth-order valence-electron chi connectivity index (χ4n) is 3.18. The Labute approximate surface area is 188 Å². The monoisotopic (exact) mass is 467 g/mol. The van der Waals surface area contributed by atoms with Gasteiger partial charge in [0.2, 0.25) is 5.91 Å². The van der Waals surface area contributed by atoms with Crippen molar-refractivity contribution < 1.29 is 27.5 Å². The van der Waals surface area contributed by atoms with Crippen LogP contribution in [0, 0.1) is 0 Å². The molecule has 2 aromatic rings. The molecule has 172 valence electrons. The van der Waals surface area contributed by atoms with Gasteiger partial charge in [-0.05, 0) is 42.3 Å². The van der Waals surface area contributed by atoms with Crippen molar-refractivity contribution in [1.82, 2.24) is 5.32 Å². The van der Waals surface area contributed by atoms with E-state index >= 15 is 0 Å². The molecule has 32 heavy (non-hydrogen) atoms. The van der Waals surface area contributed by atoms with Crippen molar-refractivity contribution in [2.45, 2.75) is 43.6 Å². The number of thioether (sulfide) groups is 1. The normalized spacial score (nSPS) is 16.3. The Hall–Kier alpha value is -2.72. The second-order valence-electron chi connectivity index (χ2n) is 7.33. The Balaban J connectivity index is 1.86. The Kier molecular flexibility index (Phi) is 7.68. The topological polar surface area (TPSA) is 84.7 Å². The van der Waals surface area contributed by atoms with Crippen LogP contribution in [0.25, 0.3) is 0 Å². The van der Waals surface area contributed by atoms with E-state index in [4.69, 9.17) is 5.73 Å². The van der Waals surface area contributed by atoms with Crippen molar-refractivity contribution in [1.29, 1.82) is 0 Å². The number of nitrogens with zero attached hydrogens (tertiary/aromatic N) is 1. The maximum absolute atomic E-state index is 13.0. The summed E-state index contributed by atoms with van der Waals surface area (Å²) in [4.78, 5) is 27.7. The van der Waals surface area contributed by atoms with E-state index in [1.807, 2.05) is 6.92 Å². The summed E-state index contributed by atoms with van der Waals surface area (Å²) in [7, 11) is 0. The molecule has 1 atom stereocenters. The largest absolute Gasteiger partial charge is 0.573 e. The highest BCUT2D eigenvalue weighted by Crippen LogP contribution is 2.36. The minimum absolute atomic E-state index is 0.0906. The van der Waals surface area contributed by atoms with Gasteiger partial charge in [-0.15, -0.1) is 24.9 Å². The molecule has 0 aliphatic carbocycles. The van der Waals surface area contributed by atoms with E-state index in [0.29, 0.717) is 29.1 Å². The number of anilines is 1. The van der Waals surface area contributed by atoms with Crippen molar-refractivity contribution in [2.24, 2.45) is 5.73 Å². The number of fused-ring (bicyclic) bond motifs is 1. The fourth-order valence-corrected chi connectivity index (χ4v) is 4.17. The van der Waals surface area contributed by atoms with Gasteiger partial charge in [0.1, 0.15) is 5.75 Å². The van der Waals surface area contributed by atoms with E-state index in [9.17, 15) is 22.8 Å². The SMILES string of the molecule is CCCCNC(=O)c1ccc2c(c1)N(Cc1ccc(OC(F)(F)F)cc1)C(=O)[C@@H](N)CS2. The standard InChI is InChI=1S/C22H24F3N3O3S/c1-2-3-10-27-20(29)15-6-9-19-18(11-15)28(21(30)17(26)13-32-19)12-14-4-7-16(8-5-14)31-22(23,24)25/h4-9,11,17H,2-3,10,12-13,26H2,1H3,(H,27,29)/t17-/m0/s1. The number of carbonyl (C=O) groups is 2. The first kappa shape index (κ1) is 23.9.